The molecule has 0 aliphatic carbocycles. The van der Waals surface area contributed by atoms with E-state index in [9.17, 15) is 9.59 Å². The maximum absolute atomic E-state index is 12.3. The summed E-state index contributed by atoms with van der Waals surface area (Å²) in [5.41, 5.74) is 6.06. The first-order chi connectivity index (χ1) is 26.7. The molecule has 0 bridgehead atoms. The zero-order chi connectivity index (χ0) is 40.3. The molecule has 6 nitrogen and oxygen atoms in total. The largest absolute Gasteiger partial charge is 0.495 e. The maximum atomic E-state index is 12.3. The van der Waals surface area contributed by atoms with Gasteiger partial charge in [-0.2, -0.15) is 0 Å². The molecular weight excluding hydrogens is 697 g/mol. The average Bonchev–Trinajstić information content (AvgIpc) is 3.17. The molecule has 6 heteroatoms. The standard InChI is InChI=1S/C50H42O6/c1-49(2,3)55-47(51)41-27-21-39(22-28-41)19-13-35-9-15-37(16-10-35)25-31-43-33-46(54-8)44(34-45(43)53-7)32-26-38-17-11-36(12-18-38)14-20-40-23-29-42(30-24-40)48(52)56-50(4,5)6/h9-12,15-18,21-24,27-30,33-34H,1-8H3. The summed E-state index contributed by atoms with van der Waals surface area (Å²) in [5.74, 6) is 25.8. The maximum Gasteiger partial charge on any atom is 0.338 e. The van der Waals surface area contributed by atoms with Crippen LogP contribution in [0.5, 0.6) is 11.5 Å². The first kappa shape index (κ1) is 40.1. The van der Waals surface area contributed by atoms with E-state index in [0.29, 0.717) is 33.8 Å². The summed E-state index contributed by atoms with van der Waals surface area (Å²) in [7, 11) is 3.19. The lowest BCUT2D eigenvalue weighted by atomic mass is 10.1. The minimum atomic E-state index is -0.551. The molecule has 0 atom stereocenters. The van der Waals surface area contributed by atoms with Crippen molar-refractivity contribution in [2.45, 2.75) is 52.7 Å². The Bertz CT molecular complexity index is 2290. The smallest absolute Gasteiger partial charge is 0.338 e. The van der Waals surface area contributed by atoms with Crippen LogP contribution in [-0.2, 0) is 9.47 Å². The van der Waals surface area contributed by atoms with Gasteiger partial charge in [-0.3, -0.25) is 0 Å². The molecule has 0 fully saturated rings. The van der Waals surface area contributed by atoms with Crippen LogP contribution in [0.25, 0.3) is 0 Å². The molecule has 0 N–H and O–H groups in total. The van der Waals surface area contributed by atoms with Crippen molar-refractivity contribution in [2.24, 2.45) is 0 Å². The van der Waals surface area contributed by atoms with Crippen LogP contribution in [0.15, 0.2) is 109 Å². The van der Waals surface area contributed by atoms with Crippen LogP contribution in [0.1, 0.15) is 107 Å². The number of ether oxygens (including phenoxy) is 4. The highest BCUT2D eigenvalue weighted by atomic mass is 16.6. The average molecular weight is 739 g/mol. The normalized spacial score (nSPS) is 10.4. The van der Waals surface area contributed by atoms with E-state index >= 15 is 0 Å². The van der Waals surface area contributed by atoms with Crippen LogP contribution in [-0.4, -0.2) is 37.4 Å². The fourth-order valence-electron chi connectivity index (χ4n) is 4.99. The number of carbonyl (C=O) groups excluding carboxylic acids is 2. The van der Waals surface area contributed by atoms with Gasteiger partial charge >= 0.3 is 11.9 Å². The monoisotopic (exact) mass is 738 g/mol. The fourth-order valence-corrected chi connectivity index (χ4v) is 4.99. The SMILES string of the molecule is COc1cc(C#Cc2ccc(C#Cc3ccc(C(=O)OC(C)(C)C)cc3)cc2)c(OC)cc1C#Cc1ccc(C#Cc2ccc(C(=O)OC(C)(C)C)cc2)cc1. The number of rotatable bonds is 4. The lowest BCUT2D eigenvalue weighted by Gasteiger charge is -2.19. The second-order valence-corrected chi connectivity index (χ2v) is 14.6. The third kappa shape index (κ3) is 11.9. The van der Waals surface area contributed by atoms with Gasteiger partial charge in [0.15, 0.2) is 0 Å². The highest BCUT2D eigenvalue weighted by Crippen LogP contribution is 2.28. The summed E-state index contributed by atoms with van der Waals surface area (Å²) in [6.45, 7) is 11.0. The zero-order valence-electron chi connectivity index (χ0n) is 32.8. The van der Waals surface area contributed by atoms with Gasteiger partial charge in [-0.1, -0.05) is 47.4 Å². The van der Waals surface area contributed by atoms with E-state index < -0.39 is 11.2 Å². The van der Waals surface area contributed by atoms with Gasteiger partial charge in [0.05, 0.1) is 36.5 Å². The Kier molecular flexibility index (Phi) is 12.7. The molecule has 5 aromatic rings. The van der Waals surface area contributed by atoms with Gasteiger partial charge in [-0.15, -0.1) is 0 Å². The van der Waals surface area contributed by atoms with E-state index in [-0.39, 0.29) is 11.9 Å². The lowest BCUT2D eigenvalue weighted by Crippen LogP contribution is -2.23. The van der Waals surface area contributed by atoms with Crippen molar-refractivity contribution in [3.63, 3.8) is 0 Å². The van der Waals surface area contributed by atoms with E-state index in [1.54, 1.807) is 62.8 Å². The van der Waals surface area contributed by atoms with Gasteiger partial charge in [0.1, 0.15) is 22.7 Å². The molecule has 0 spiro atoms. The number of esters is 2. The molecule has 0 saturated heterocycles. The molecule has 0 saturated carbocycles. The van der Waals surface area contributed by atoms with Gasteiger partial charge in [-0.05, 0) is 139 Å². The summed E-state index contributed by atoms with van der Waals surface area (Å²) in [5, 5.41) is 0. The molecule has 0 heterocycles. The van der Waals surface area contributed by atoms with Crippen molar-refractivity contribution in [3.8, 4) is 58.9 Å². The van der Waals surface area contributed by atoms with Gasteiger partial charge in [-0.25, -0.2) is 9.59 Å². The Morgan fingerprint density at radius 1 is 0.393 bits per heavy atom. The van der Waals surface area contributed by atoms with E-state index in [2.05, 4.69) is 47.4 Å². The summed E-state index contributed by atoms with van der Waals surface area (Å²) in [6, 6.07) is 33.0. The third-order valence-corrected chi connectivity index (χ3v) is 7.72. The molecule has 0 aromatic heterocycles. The molecule has 56 heavy (non-hydrogen) atoms. The molecule has 0 radical (unpaired) electrons. The Morgan fingerprint density at radius 2 is 0.625 bits per heavy atom. The van der Waals surface area contributed by atoms with Gasteiger partial charge < -0.3 is 18.9 Å². The Morgan fingerprint density at radius 3 is 0.857 bits per heavy atom. The molecule has 278 valence electrons. The van der Waals surface area contributed by atoms with Gasteiger partial charge in [0.25, 0.3) is 0 Å². The fraction of sp³-hybridized carbons (Fsp3) is 0.200. The van der Waals surface area contributed by atoms with E-state index in [1.165, 1.54) is 0 Å². The molecular formula is C50H42O6. The molecule has 0 amide bonds. The van der Waals surface area contributed by atoms with Crippen molar-refractivity contribution in [2.75, 3.05) is 14.2 Å². The second kappa shape index (κ2) is 17.8. The number of methoxy groups -OCH3 is 2. The highest BCUT2D eigenvalue weighted by Gasteiger charge is 2.18. The van der Waals surface area contributed by atoms with Crippen LogP contribution >= 0.6 is 0 Å². The second-order valence-electron chi connectivity index (χ2n) is 14.6. The number of hydrogen-bond acceptors (Lipinski definition) is 6. The van der Waals surface area contributed by atoms with E-state index in [0.717, 1.165) is 33.4 Å². The number of carbonyl (C=O) groups is 2. The summed E-state index contributed by atoms with van der Waals surface area (Å²) < 4.78 is 22.2. The van der Waals surface area contributed by atoms with Crippen molar-refractivity contribution in [1.82, 2.24) is 0 Å². The Hall–Kier alpha value is -7.12. The minimum absolute atomic E-state index is 0.361. The Labute approximate surface area is 330 Å². The molecule has 5 aromatic carbocycles. The highest BCUT2D eigenvalue weighted by molar-refractivity contribution is 5.90. The Balaban J connectivity index is 1.23. The van der Waals surface area contributed by atoms with Crippen LogP contribution in [0.3, 0.4) is 0 Å². The summed E-state index contributed by atoms with van der Waals surface area (Å²) >= 11 is 0. The van der Waals surface area contributed by atoms with Crippen LogP contribution in [0, 0.1) is 47.4 Å². The summed E-state index contributed by atoms with van der Waals surface area (Å²) in [4.78, 5) is 24.6. The molecule has 0 aliphatic heterocycles. The van der Waals surface area contributed by atoms with Crippen molar-refractivity contribution >= 4 is 11.9 Å². The topological polar surface area (TPSA) is 71.1 Å². The van der Waals surface area contributed by atoms with Crippen LogP contribution < -0.4 is 9.47 Å². The predicted molar refractivity (Wildman–Crippen MR) is 220 cm³/mol. The minimum Gasteiger partial charge on any atom is -0.495 e. The zero-order valence-corrected chi connectivity index (χ0v) is 32.8. The van der Waals surface area contributed by atoms with E-state index in [1.807, 2.05) is 102 Å². The first-order valence-electron chi connectivity index (χ1n) is 17.9. The van der Waals surface area contributed by atoms with Crippen molar-refractivity contribution in [1.29, 1.82) is 0 Å². The van der Waals surface area contributed by atoms with Crippen LogP contribution in [0.2, 0.25) is 0 Å². The number of benzene rings is 5. The predicted octanol–water partition coefficient (Wildman–Crippen LogP) is 9.21. The lowest BCUT2D eigenvalue weighted by molar-refractivity contribution is 0.00570. The van der Waals surface area contributed by atoms with Crippen molar-refractivity contribution < 1.29 is 28.5 Å². The molecule has 0 aliphatic rings. The molecule has 5 rings (SSSR count). The molecule has 0 unspecified atom stereocenters. The first-order valence-corrected chi connectivity index (χ1v) is 17.9. The van der Waals surface area contributed by atoms with Crippen molar-refractivity contribution in [3.05, 3.63) is 165 Å². The number of hydrogen-bond donors (Lipinski definition) is 0. The van der Waals surface area contributed by atoms with Crippen LogP contribution in [0.4, 0.5) is 0 Å². The third-order valence-electron chi connectivity index (χ3n) is 7.72. The van der Waals surface area contributed by atoms with Gasteiger partial charge in [0.2, 0.25) is 0 Å². The van der Waals surface area contributed by atoms with Gasteiger partial charge in [0, 0.05) is 45.5 Å². The van der Waals surface area contributed by atoms with E-state index in [4.69, 9.17) is 18.9 Å². The summed E-state index contributed by atoms with van der Waals surface area (Å²) in [6.07, 6.45) is 0. The quantitative estimate of drug-likeness (QED) is 0.135.